The third-order valence-electron chi connectivity index (χ3n) is 7.34. The van der Waals surface area contributed by atoms with E-state index in [0.717, 1.165) is 24.8 Å². The van der Waals surface area contributed by atoms with Gasteiger partial charge in [0.15, 0.2) is 0 Å². The van der Waals surface area contributed by atoms with Crippen molar-refractivity contribution in [3.8, 4) is 5.75 Å². The highest BCUT2D eigenvalue weighted by Gasteiger charge is 2.43. The molecule has 1 aliphatic carbocycles. The molecule has 1 fully saturated rings. The maximum absolute atomic E-state index is 14.4. The predicted molar refractivity (Wildman–Crippen MR) is 152 cm³/mol. The van der Waals surface area contributed by atoms with Gasteiger partial charge in [0.05, 0.1) is 0 Å². The first-order chi connectivity index (χ1) is 18.3. The molecule has 3 N–H and O–H groups in total. The number of benzene rings is 2. The lowest BCUT2D eigenvalue weighted by Crippen LogP contribution is -2.58. The number of amides is 3. The Labute approximate surface area is 232 Å². The molecule has 0 aliphatic heterocycles. The zero-order chi connectivity index (χ0) is 28.9. The van der Waals surface area contributed by atoms with Gasteiger partial charge in [-0.2, -0.15) is 0 Å². The third-order valence-corrected chi connectivity index (χ3v) is 7.34. The van der Waals surface area contributed by atoms with E-state index in [1.807, 2.05) is 45.0 Å². The average Bonchev–Trinajstić information content (AvgIpc) is 2.82. The molecular weight excluding hydrogens is 494 g/mol. The third kappa shape index (κ3) is 7.52. The van der Waals surface area contributed by atoms with Crippen LogP contribution in [0.5, 0.6) is 5.75 Å². The summed E-state index contributed by atoms with van der Waals surface area (Å²) in [5.74, 6) is -0.762. The Balaban J connectivity index is 2.07. The molecule has 0 bridgehead atoms. The molecule has 3 unspecified atom stereocenters. The lowest BCUT2D eigenvalue weighted by atomic mass is 9.86. The molecule has 2 aromatic carbocycles. The molecule has 8 nitrogen and oxygen atoms in total. The first-order valence-corrected chi connectivity index (χ1v) is 13.8. The highest BCUT2D eigenvalue weighted by Crippen LogP contribution is 2.36. The molecule has 3 atom stereocenters. The Morgan fingerprint density at radius 2 is 1.74 bits per heavy atom. The quantitative estimate of drug-likeness (QED) is 0.363. The number of alkyl carbamates (subject to hydrolysis) is 1. The van der Waals surface area contributed by atoms with Crippen LogP contribution < -0.4 is 10.6 Å². The average molecular weight is 538 g/mol. The van der Waals surface area contributed by atoms with Gasteiger partial charge in [0, 0.05) is 11.7 Å². The summed E-state index contributed by atoms with van der Waals surface area (Å²) in [4.78, 5) is 42.9. The van der Waals surface area contributed by atoms with E-state index < -0.39 is 23.8 Å². The number of carbonyl (C=O) groups excluding carboxylic acids is 3. The van der Waals surface area contributed by atoms with Crippen molar-refractivity contribution in [2.24, 2.45) is 5.92 Å². The van der Waals surface area contributed by atoms with Crippen LogP contribution in [0.25, 0.3) is 0 Å². The number of hydrogen-bond donors (Lipinski definition) is 3. The van der Waals surface area contributed by atoms with E-state index in [-0.39, 0.29) is 29.5 Å². The zero-order valence-corrected chi connectivity index (χ0v) is 24.2. The summed E-state index contributed by atoms with van der Waals surface area (Å²) in [6.45, 7) is 12.9. The Hall–Kier alpha value is -3.55. The van der Waals surface area contributed by atoms with Crippen molar-refractivity contribution in [3.05, 3.63) is 59.2 Å². The van der Waals surface area contributed by atoms with Crippen molar-refractivity contribution in [2.75, 3.05) is 5.32 Å². The largest absolute Gasteiger partial charge is 0.508 e. The number of phenolic OH excluding ortho intramolecular Hbond substituents is 1. The van der Waals surface area contributed by atoms with Gasteiger partial charge in [-0.1, -0.05) is 44.5 Å². The Bertz CT molecular complexity index is 1180. The van der Waals surface area contributed by atoms with E-state index in [4.69, 9.17) is 4.74 Å². The highest BCUT2D eigenvalue weighted by molar-refractivity contribution is 5.99. The van der Waals surface area contributed by atoms with Gasteiger partial charge in [0.1, 0.15) is 23.4 Å². The van der Waals surface area contributed by atoms with Crippen LogP contribution in [0.3, 0.4) is 0 Å². The SMILES string of the molecule is CCC(C)C(NC(=O)OC(C)(C)C)C(=O)N(C1CCC1)C(C(=O)Nc1ccccc1C)c1ccc(O)c(C)c1. The van der Waals surface area contributed by atoms with E-state index in [9.17, 15) is 19.5 Å². The van der Waals surface area contributed by atoms with Crippen molar-refractivity contribution in [2.45, 2.75) is 97.9 Å². The van der Waals surface area contributed by atoms with Gasteiger partial charge >= 0.3 is 6.09 Å². The summed E-state index contributed by atoms with van der Waals surface area (Å²) in [6, 6.07) is 10.5. The molecule has 1 aliphatic rings. The Morgan fingerprint density at radius 3 is 2.28 bits per heavy atom. The summed E-state index contributed by atoms with van der Waals surface area (Å²) in [5.41, 5.74) is 2.04. The number of carbonyl (C=O) groups is 3. The normalized spacial score (nSPS) is 15.9. The van der Waals surface area contributed by atoms with Crippen LogP contribution in [0.1, 0.15) is 83.0 Å². The van der Waals surface area contributed by atoms with Crippen molar-refractivity contribution in [1.29, 1.82) is 0 Å². The van der Waals surface area contributed by atoms with E-state index in [1.54, 1.807) is 50.8 Å². The molecule has 0 radical (unpaired) electrons. The minimum Gasteiger partial charge on any atom is -0.508 e. The van der Waals surface area contributed by atoms with Crippen LogP contribution in [-0.2, 0) is 14.3 Å². The van der Waals surface area contributed by atoms with Gasteiger partial charge in [-0.15, -0.1) is 0 Å². The molecule has 0 spiro atoms. The van der Waals surface area contributed by atoms with Gasteiger partial charge in [-0.3, -0.25) is 9.59 Å². The fourth-order valence-electron chi connectivity index (χ4n) is 4.66. The van der Waals surface area contributed by atoms with Crippen LogP contribution in [0.4, 0.5) is 10.5 Å². The minimum atomic E-state index is -0.964. The number of aryl methyl sites for hydroxylation is 2. The molecule has 3 amide bonds. The number of rotatable bonds is 9. The van der Waals surface area contributed by atoms with Crippen molar-refractivity contribution < 1.29 is 24.2 Å². The van der Waals surface area contributed by atoms with Crippen LogP contribution >= 0.6 is 0 Å². The molecule has 39 heavy (non-hydrogen) atoms. The van der Waals surface area contributed by atoms with Gasteiger partial charge < -0.3 is 25.4 Å². The van der Waals surface area contributed by atoms with Gasteiger partial charge in [-0.25, -0.2) is 4.79 Å². The van der Waals surface area contributed by atoms with Gasteiger partial charge in [0.2, 0.25) is 5.91 Å². The zero-order valence-electron chi connectivity index (χ0n) is 24.2. The summed E-state index contributed by atoms with van der Waals surface area (Å²) >= 11 is 0. The molecular formula is C31H43N3O5. The molecule has 3 rings (SSSR count). The van der Waals surface area contributed by atoms with E-state index >= 15 is 0 Å². The summed E-state index contributed by atoms with van der Waals surface area (Å²) in [5, 5.41) is 16.0. The monoisotopic (exact) mass is 537 g/mol. The second kappa shape index (κ2) is 12.5. The Kier molecular flexibility index (Phi) is 9.64. The number of aromatic hydroxyl groups is 1. The van der Waals surface area contributed by atoms with Crippen molar-refractivity contribution >= 4 is 23.6 Å². The summed E-state index contributed by atoms with van der Waals surface area (Å²) in [7, 11) is 0. The molecule has 8 heteroatoms. The summed E-state index contributed by atoms with van der Waals surface area (Å²) in [6.07, 6.45) is 2.44. The number of anilines is 1. The first-order valence-electron chi connectivity index (χ1n) is 13.8. The van der Waals surface area contributed by atoms with Crippen molar-refractivity contribution in [1.82, 2.24) is 10.2 Å². The predicted octanol–water partition coefficient (Wildman–Crippen LogP) is 6.01. The van der Waals surface area contributed by atoms with E-state index in [0.29, 0.717) is 23.2 Å². The maximum Gasteiger partial charge on any atom is 0.408 e. The molecule has 212 valence electrons. The number of phenols is 1. The minimum absolute atomic E-state index is 0.113. The fourth-order valence-corrected chi connectivity index (χ4v) is 4.66. The van der Waals surface area contributed by atoms with Crippen LogP contribution in [0.2, 0.25) is 0 Å². The van der Waals surface area contributed by atoms with Crippen molar-refractivity contribution in [3.63, 3.8) is 0 Å². The second-order valence-electron chi connectivity index (χ2n) is 11.6. The number of ether oxygens (including phenoxy) is 1. The first kappa shape index (κ1) is 30.0. The molecule has 0 saturated heterocycles. The van der Waals surface area contributed by atoms with Gasteiger partial charge in [-0.05, 0) is 94.7 Å². The number of nitrogens with zero attached hydrogens (tertiary/aromatic N) is 1. The summed E-state index contributed by atoms with van der Waals surface area (Å²) < 4.78 is 5.48. The van der Waals surface area contributed by atoms with E-state index in [2.05, 4.69) is 10.6 Å². The lowest BCUT2D eigenvalue weighted by molar-refractivity contribution is -0.147. The van der Waals surface area contributed by atoms with Crippen LogP contribution in [-0.4, -0.2) is 45.6 Å². The molecule has 2 aromatic rings. The lowest BCUT2D eigenvalue weighted by Gasteiger charge is -2.44. The van der Waals surface area contributed by atoms with Gasteiger partial charge in [0.25, 0.3) is 5.91 Å². The molecule has 0 aromatic heterocycles. The maximum atomic E-state index is 14.4. The smallest absolute Gasteiger partial charge is 0.408 e. The standard InChI is InChI=1S/C31H43N3O5/c1-8-19(2)26(33-30(38)39-31(5,6)7)29(37)34(23-13-11-14-23)27(22-16-17-25(35)21(4)18-22)28(36)32-24-15-10-9-12-20(24)3/h9-10,12,15-19,23,26-27,35H,8,11,13-14H2,1-7H3,(H,32,36)(H,33,38). The van der Waals surface area contributed by atoms with E-state index in [1.165, 1.54) is 0 Å². The fraction of sp³-hybridized carbons (Fsp3) is 0.516. The Morgan fingerprint density at radius 1 is 1.08 bits per heavy atom. The number of hydrogen-bond acceptors (Lipinski definition) is 5. The van der Waals surface area contributed by atoms with Crippen LogP contribution in [0, 0.1) is 19.8 Å². The number of para-hydroxylation sites is 1. The number of nitrogens with one attached hydrogen (secondary N) is 2. The molecule has 1 saturated carbocycles. The van der Waals surface area contributed by atoms with Crippen LogP contribution in [0.15, 0.2) is 42.5 Å². The highest BCUT2D eigenvalue weighted by atomic mass is 16.6. The molecule has 0 heterocycles. The second-order valence-corrected chi connectivity index (χ2v) is 11.6. The topological polar surface area (TPSA) is 108 Å².